The summed E-state index contributed by atoms with van der Waals surface area (Å²) in [5, 5.41) is 12.1. The standard InChI is InChI=1S/C24H27ClF6N2O5.C20H27ClN2O3.C3H2F6O/c25-17-3-2-16(18(12-17)36-14-22(5-6-22)37-15-34)13-33-9-1-4-21(33)7-10-32(11-8-21)20(35)38-19(23(26,27)28)24(29,30)31;21-17-3-2-16(18(12-17)25-14-20(5-6-20)26-15-24)13-23-11-1-4-19(23)7-9-22-10-8-19;4-2(5,6)1(10)3(7,8)9/h2-3,12,15,19H,1,4-11,13-14H2;2-3,12,15,22H,1,4-11,13-14H2;1,10H. The first-order valence-corrected chi connectivity index (χ1v) is 24.5. The molecule has 74 heavy (non-hydrogen) atoms. The van der Waals surface area contributed by atoms with Crippen LogP contribution in [0.4, 0.5) is 57.5 Å². The van der Waals surface area contributed by atoms with E-state index in [1.807, 2.05) is 18.2 Å². The topological polar surface area (TPSA) is 139 Å². The highest BCUT2D eigenvalue weighted by Gasteiger charge is 2.61. The van der Waals surface area contributed by atoms with Gasteiger partial charge in [0, 0.05) is 58.4 Å². The number of benzene rings is 2. The van der Waals surface area contributed by atoms with Crippen LogP contribution in [-0.4, -0.2) is 151 Å². The van der Waals surface area contributed by atoms with Crippen LogP contribution in [0, 0.1) is 0 Å². The molecule has 2 aromatic rings. The molecule has 8 rings (SSSR count). The van der Waals surface area contributed by atoms with Crippen molar-refractivity contribution in [2.75, 3.05) is 52.5 Å². The Labute approximate surface area is 428 Å². The van der Waals surface area contributed by atoms with Gasteiger partial charge >= 0.3 is 30.8 Å². The van der Waals surface area contributed by atoms with Crippen molar-refractivity contribution in [3.8, 4) is 11.5 Å². The van der Waals surface area contributed by atoms with Gasteiger partial charge in [-0.2, -0.15) is 52.7 Å². The van der Waals surface area contributed by atoms with Gasteiger partial charge < -0.3 is 39.0 Å². The average molecular weight is 1120 g/mol. The molecule has 4 aliphatic heterocycles. The third-order valence-electron chi connectivity index (χ3n) is 14.4. The summed E-state index contributed by atoms with van der Waals surface area (Å²) in [5.41, 5.74) is 0.897. The van der Waals surface area contributed by atoms with E-state index >= 15 is 0 Å². The second-order valence-electron chi connectivity index (χ2n) is 19.4. The molecule has 416 valence electrons. The molecule has 13 nitrogen and oxygen atoms in total. The van der Waals surface area contributed by atoms with Crippen molar-refractivity contribution in [3.63, 3.8) is 0 Å². The highest BCUT2D eigenvalue weighted by atomic mass is 35.5. The van der Waals surface area contributed by atoms with Crippen LogP contribution in [0.15, 0.2) is 36.4 Å². The molecule has 4 saturated heterocycles. The third kappa shape index (κ3) is 15.5. The molecular formula is C47H56Cl2F12N4O9. The minimum absolute atomic E-state index is 0.0344. The highest BCUT2D eigenvalue weighted by Crippen LogP contribution is 2.45. The number of aliphatic hydroxyl groups excluding tert-OH is 1. The van der Waals surface area contributed by atoms with E-state index in [9.17, 15) is 67.1 Å². The maximum Gasteiger partial charge on any atom is 0.434 e. The smallest absolute Gasteiger partial charge is 0.434 e. The molecule has 0 radical (unpaired) electrons. The van der Waals surface area contributed by atoms with Gasteiger partial charge in [-0.15, -0.1) is 0 Å². The normalized spacial score (nSPS) is 21.1. The highest BCUT2D eigenvalue weighted by molar-refractivity contribution is 6.31. The molecule has 0 atom stereocenters. The monoisotopic (exact) mass is 1120 g/mol. The SMILES string of the molecule is O=COC1(COc2cc(Cl)ccc2CN2CCCC23CCN(C(=O)OC(C(F)(F)F)C(F)(F)F)CC3)CC1.O=COC1(COc2cc(Cl)ccc2CN2CCCC23CCNCC3)CC1.OC(C(F)(F)F)C(F)(F)F. The van der Waals surface area contributed by atoms with Crippen LogP contribution in [0.5, 0.6) is 11.5 Å². The fourth-order valence-corrected chi connectivity index (χ4v) is 10.1. The quantitative estimate of drug-likeness (QED) is 0.0997. The van der Waals surface area contributed by atoms with Crippen LogP contribution in [0.1, 0.15) is 88.2 Å². The van der Waals surface area contributed by atoms with Crippen molar-refractivity contribution >= 4 is 42.2 Å². The molecule has 4 heterocycles. The maximum atomic E-state index is 12.8. The summed E-state index contributed by atoms with van der Waals surface area (Å²) in [6.07, 6.45) is -22.4. The van der Waals surface area contributed by atoms with Crippen LogP contribution in [0.2, 0.25) is 10.0 Å². The first-order valence-electron chi connectivity index (χ1n) is 23.7. The fraction of sp³-hybridized carbons (Fsp3) is 0.681. The molecule has 6 fully saturated rings. The van der Waals surface area contributed by atoms with Crippen LogP contribution in [0.3, 0.4) is 0 Å². The number of aliphatic hydroxyl groups is 1. The molecule has 0 aromatic heterocycles. The number of piperidine rings is 2. The maximum absolute atomic E-state index is 12.8. The molecule has 0 bridgehead atoms. The number of nitrogens with one attached hydrogen (secondary N) is 1. The van der Waals surface area contributed by atoms with Crippen LogP contribution in [0.25, 0.3) is 0 Å². The molecule has 0 unspecified atom stereocenters. The number of hydrogen-bond donors (Lipinski definition) is 2. The van der Waals surface area contributed by atoms with E-state index in [-0.39, 0.29) is 25.2 Å². The molecule has 1 amide bonds. The largest absolute Gasteiger partial charge is 0.489 e. The van der Waals surface area contributed by atoms with E-state index in [0.717, 1.165) is 80.2 Å². The number of carbonyl (C=O) groups excluding carboxylic acids is 3. The molecular weight excluding hydrogens is 1060 g/mol. The zero-order valence-electron chi connectivity index (χ0n) is 39.7. The lowest BCUT2D eigenvalue weighted by molar-refractivity contribution is -0.309. The third-order valence-corrected chi connectivity index (χ3v) is 14.8. The summed E-state index contributed by atoms with van der Waals surface area (Å²) < 4.78 is 169. The number of halogens is 14. The summed E-state index contributed by atoms with van der Waals surface area (Å²) >= 11 is 12.4. The number of ether oxygens (including phenoxy) is 5. The van der Waals surface area contributed by atoms with Crippen molar-refractivity contribution in [2.45, 2.75) is 149 Å². The van der Waals surface area contributed by atoms with Gasteiger partial charge in [-0.25, -0.2) is 4.79 Å². The van der Waals surface area contributed by atoms with Crippen LogP contribution >= 0.6 is 23.2 Å². The Morgan fingerprint density at radius 3 is 1.36 bits per heavy atom. The Morgan fingerprint density at radius 2 is 1.01 bits per heavy atom. The van der Waals surface area contributed by atoms with Crippen LogP contribution in [-0.2, 0) is 36.9 Å². The Bertz CT molecular complexity index is 2190. The van der Waals surface area contributed by atoms with Gasteiger partial charge in [0.15, 0.2) is 0 Å². The molecule has 2 aliphatic carbocycles. The summed E-state index contributed by atoms with van der Waals surface area (Å²) in [7, 11) is 0. The predicted octanol–water partition coefficient (Wildman–Crippen LogP) is 10.1. The van der Waals surface area contributed by atoms with Crippen molar-refractivity contribution in [3.05, 3.63) is 57.6 Å². The number of nitrogens with zero attached hydrogens (tertiary/aromatic N) is 3. The Morgan fingerprint density at radius 1 is 0.608 bits per heavy atom. The lowest BCUT2D eigenvalue weighted by Crippen LogP contribution is -2.54. The van der Waals surface area contributed by atoms with Gasteiger partial charge in [-0.3, -0.25) is 19.4 Å². The Balaban J connectivity index is 0.000000213. The number of rotatable bonds is 15. The van der Waals surface area contributed by atoms with E-state index in [1.54, 1.807) is 12.1 Å². The average Bonchev–Trinajstić information content (AvgIpc) is 4.21. The minimum atomic E-state index is -5.76. The summed E-state index contributed by atoms with van der Waals surface area (Å²) in [5.74, 6) is 1.35. The van der Waals surface area contributed by atoms with Gasteiger partial charge in [-0.05, 0) is 127 Å². The number of carbonyl (C=O) groups is 3. The molecule has 27 heteroatoms. The summed E-state index contributed by atoms with van der Waals surface area (Å²) in [6, 6.07) is 11.1. The summed E-state index contributed by atoms with van der Waals surface area (Å²) in [4.78, 5) is 39.4. The van der Waals surface area contributed by atoms with Gasteiger partial charge in [0.25, 0.3) is 19.0 Å². The van der Waals surface area contributed by atoms with Crippen molar-refractivity contribution in [1.29, 1.82) is 0 Å². The van der Waals surface area contributed by atoms with Gasteiger partial charge in [-0.1, -0.05) is 35.3 Å². The lowest BCUT2D eigenvalue weighted by Gasteiger charge is -2.45. The van der Waals surface area contributed by atoms with E-state index in [4.69, 9.17) is 47.3 Å². The lowest BCUT2D eigenvalue weighted by atomic mass is 9.85. The first-order chi connectivity index (χ1) is 34.6. The molecule has 2 saturated carbocycles. The zero-order chi connectivity index (χ0) is 54.4. The number of hydrogen-bond acceptors (Lipinski definition) is 12. The van der Waals surface area contributed by atoms with Crippen molar-refractivity contribution < 1.29 is 95.9 Å². The Kier molecular flexibility index (Phi) is 18.8. The molecule has 2 N–H and O–H groups in total. The molecule has 2 aromatic carbocycles. The number of likely N-dealkylation sites (tertiary alicyclic amines) is 3. The van der Waals surface area contributed by atoms with Crippen LogP contribution < -0.4 is 14.8 Å². The van der Waals surface area contributed by atoms with E-state index in [0.29, 0.717) is 73.1 Å². The number of alkyl halides is 12. The van der Waals surface area contributed by atoms with Crippen molar-refractivity contribution in [2.24, 2.45) is 0 Å². The second-order valence-corrected chi connectivity index (χ2v) is 20.3. The van der Waals surface area contributed by atoms with Gasteiger partial charge in [0.05, 0.1) is 0 Å². The van der Waals surface area contributed by atoms with Gasteiger partial charge in [0.1, 0.15) is 35.9 Å². The molecule has 2 spiro atoms. The van der Waals surface area contributed by atoms with E-state index in [2.05, 4.69) is 25.9 Å². The van der Waals surface area contributed by atoms with E-state index < -0.39 is 54.2 Å². The fourth-order valence-electron chi connectivity index (χ4n) is 9.78. The van der Waals surface area contributed by atoms with E-state index in [1.165, 1.54) is 25.7 Å². The first kappa shape index (κ1) is 59.1. The zero-order valence-corrected chi connectivity index (χ0v) is 41.2. The van der Waals surface area contributed by atoms with Gasteiger partial charge in [0.2, 0.25) is 6.10 Å². The Hall–Kier alpha value is -4.17. The minimum Gasteiger partial charge on any atom is -0.489 e. The van der Waals surface area contributed by atoms with Crippen molar-refractivity contribution in [1.82, 2.24) is 20.0 Å². The summed E-state index contributed by atoms with van der Waals surface area (Å²) in [6.45, 7) is 6.84. The second kappa shape index (κ2) is 23.6. The molecule has 6 aliphatic rings. The predicted molar refractivity (Wildman–Crippen MR) is 240 cm³/mol. The number of amides is 1.